The Balaban J connectivity index is 2.50. The van der Waals surface area contributed by atoms with Gasteiger partial charge < -0.3 is 14.8 Å². The van der Waals surface area contributed by atoms with Crippen LogP contribution in [0.1, 0.15) is 39.8 Å². The molecule has 0 bridgehead atoms. The Bertz CT molecular complexity index is 340. The summed E-state index contributed by atoms with van der Waals surface area (Å²) < 4.78 is 2.23. The Morgan fingerprint density at radius 1 is 1.33 bits per heavy atom. The predicted octanol–water partition coefficient (Wildman–Crippen LogP) is 2.74. The Morgan fingerprint density at radius 2 is 2.00 bits per heavy atom. The van der Waals surface area contributed by atoms with Crippen LogP contribution in [-0.2, 0) is 6.54 Å². The van der Waals surface area contributed by atoms with Gasteiger partial charge in [-0.1, -0.05) is 13.8 Å². The van der Waals surface area contributed by atoms with Crippen molar-refractivity contribution in [3.8, 4) is 0 Å². The van der Waals surface area contributed by atoms with E-state index in [9.17, 15) is 0 Å². The van der Waals surface area contributed by atoms with Crippen LogP contribution in [-0.4, -0.2) is 40.1 Å². The summed E-state index contributed by atoms with van der Waals surface area (Å²) in [4.78, 5) is 6.98. The van der Waals surface area contributed by atoms with E-state index in [1.807, 2.05) is 6.92 Å². The van der Waals surface area contributed by atoms with Crippen LogP contribution in [0.25, 0.3) is 0 Å². The second-order valence-corrected chi connectivity index (χ2v) is 5.08. The molecular weight excluding hydrogens is 224 g/mol. The van der Waals surface area contributed by atoms with Gasteiger partial charge in [0.05, 0.1) is 5.69 Å². The molecule has 0 unspecified atom stereocenters. The highest BCUT2D eigenvalue weighted by atomic mass is 15.2. The average Bonchev–Trinajstić information content (AvgIpc) is 2.64. The second-order valence-electron chi connectivity index (χ2n) is 5.08. The molecule has 1 rings (SSSR count). The van der Waals surface area contributed by atoms with Gasteiger partial charge in [0.15, 0.2) is 0 Å². The van der Waals surface area contributed by atoms with Crippen LogP contribution in [0.4, 0.5) is 5.95 Å². The van der Waals surface area contributed by atoms with E-state index in [0.29, 0.717) is 6.04 Å². The molecule has 0 fully saturated rings. The summed E-state index contributed by atoms with van der Waals surface area (Å²) >= 11 is 0. The zero-order valence-electron chi connectivity index (χ0n) is 12.5. The number of rotatable bonds is 8. The summed E-state index contributed by atoms with van der Waals surface area (Å²) in [7, 11) is 0. The maximum absolute atomic E-state index is 4.53. The second kappa shape index (κ2) is 7.41. The van der Waals surface area contributed by atoms with E-state index in [-0.39, 0.29) is 0 Å². The fraction of sp³-hybridized carbons (Fsp3) is 0.786. The third kappa shape index (κ3) is 4.69. The van der Waals surface area contributed by atoms with E-state index in [1.54, 1.807) is 0 Å². The molecular formula is C14H28N4. The molecule has 0 atom stereocenters. The molecule has 0 aromatic carbocycles. The van der Waals surface area contributed by atoms with E-state index in [4.69, 9.17) is 0 Å². The molecule has 0 aliphatic heterocycles. The van der Waals surface area contributed by atoms with Crippen LogP contribution < -0.4 is 5.32 Å². The highest BCUT2D eigenvalue weighted by Gasteiger charge is 2.07. The zero-order chi connectivity index (χ0) is 13.5. The quantitative estimate of drug-likeness (QED) is 0.772. The average molecular weight is 252 g/mol. The van der Waals surface area contributed by atoms with Crippen molar-refractivity contribution < 1.29 is 0 Å². The third-order valence-electron chi connectivity index (χ3n) is 3.08. The molecule has 0 amide bonds. The molecule has 4 heteroatoms. The summed E-state index contributed by atoms with van der Waals surface area (Å²) in [6.45, 7) is 15.2. The smallest absolute Gasteiger partial charge is 0.203 e. The van der Waals surface area contributed by atoms with Crippen molar-refractivity contribution in [2.45, 2.75) is 53.6 Å². The van der Waals surface area contributed by atoms with E-state index < -0.39 is 0 Å². The topological polar surface area (TPSA) is 33.1 Å². The first-order chi connectivity index (χ1) is 8.56. The highest BCUT2D eigenvalue weighted by Crippen LogP contribution is 2.10. The van der Waals surface area contributed by atoms with Crippen molar-refractivity contribution in [2.75, 3.05) is 25.0 Å². The first-order valence-electron chi connectivity index (χ1n) is 7.09. The fourth-order valence-electron chi connectivity index (χ4n) is 2.10. The number of imidazole rings is 1. The lowest BCUT2D eigenvalue weighted by Crippen LogP contribution is -2.25. The molecule has 0 spiro atoms. The molecule has 1 aromatic heterocycles. The maximum atomic E-state index is 4.53. The van der Waals surface area contributed by atoms with Gasteiger partial charge in [0.2, 0.25) is 5.95 Å². The monoisotopic (exact) mass is 252 g/mol. The number of hydrogen-bond acceptors (Lipinski definition) is 3. The van der Waals surface area contributed by atoms with Crippen LogP contribution in [0.15, 0.2) is 6.20 Å². The molecule has 0 saturated heterocycles. The van der Waals surface area contributed by atoms with Crippen molar-refractivity contribution in [3.63, 3.8) is 0 Å². The van der Waals surface area contributed by atoms with E-state index in [0.717, 1.165) is 37.8 Å². The Morgan fingerprint density at radius 3 is 2.56 bits per heavy atom. The number of nitrogens with one attached hydrogen (secondary N) is 1. The maximum Gasteiger partial charge on any atom is 0.203 e. The van der Waals surface area contributed by atoms with Gasteiger partial charge in [0.1, 0.15) is 0 Å². The number of aryl methyl sites for hydroxylation is 2. The molecule has 104 valence electrons. The molecule has 0 aliphatic carbocycles. The van der Waals surface area contributed by atoms with Crippen LogP contribution in [0.2, 0.25) is 0 Å². The van der Waals surface area contributed by atoms with Crippen LogP contribution in [0, 0.1) is 6.92 Å². The molecule has 1 N–H and O–H groups in total. The van der Waals surface area contributed by atoms with Crippen molar-refractivity contribution in [2.24, 2.45) is 0 Å². The Kier molecular flexibility index (Phi) is 6.19. The largest absolute Gasteiger partial charge is 0.353 e. The minimum Gasteiger partial charge on any atom is -0.353 e. The number of anilines is 1. The molecule has 1 aromatic rings. The Hall–Kier alpha value is -1.03. The first-order valence-corrected chi connectivity index (χ1v) is 7.09. The number of aromatic nitrogens is 2. The van der Waals surface area contributed by atoms with Crippen molar-refractivity contribution in [1.82, 2.24) is 14.5 Å². The molecule has 0 radical (unpaired) electrons. The summed E-state index contributed by atoms with van der Waals surface area (Å²) in [5.41, 5.74) is 1.08. The van der Waals surface area contributed by atoms with Crippen molar-refractivity contribution in [3.05, 3.63) is 11.9 Å². The van der Waals surface area contributed by atoms with Gasteiger partial charge in [-0.05, 0) is 46.8 Å². The van der Waals surface area contributed by atoms with Gasteiger partial charge in [-0.2, -0.15) is 0 Å². The minimum absolute atomic E-state index is 0.424. The van der Waals surface area contributed by atoms with Gasteiger partial charge in [0.25, 0.3) is 0 Å². The van der Waals surface area contributed by atoms with Gasteiger partial charge in [-0.25, -0.2) is 4.98 Å². The van der Waals surface area contributed by atoms with Crippen LogP contribution >= 0.6 is 0 Å². The lowest BCUT2D eigenvalue weighted by Gasteiger charge is -2.18. The molecule has 0 aliphatic rings. The van der Waals surface area contributed by atoms with E-state index >= 15 is 0 Å². The summed E-state index contributed by atoms with van der Waals surface area (Å²) in [6.07, 6.45) is 3.30. The molecule has 0 saturated carbocycles. The summed E-state index contributed by atoms with van der Waals surface area (Å²) in [5.74, 6) is 1.00. The lowest BCUT2D eigenvalue weighted by atomic mass is 10.3. The van der Waals surface area contributed by atoms with Crippen LogP contribution in [0.5, 0.6) is 0 Å². The standard InChI is InChI=1S/C14H28N4/c1-6-17(7-2)9-8-10-18-11-13(5)16-14(18)15-12(3)4/h11-12H,6-10H2,1-5H3,(H,15,16). The normalized spacial score (nSPS) is 11.5. The van der Waals surface area contributed by atoms with Gasteiger partial charge in [0, 0.05) is 18.8 Å². The van der Waals surface area contributed by atoms with Gasteiger partial charge >= 0.3 is 0 Å². The van der Waals surface area contributed by atoms with E-state index in [1.165, 1.54) is 6.42 Å². The summed E-state index contributed by atoms with van der Waals surface area (Å²) in [5, 5.41) is 3.40. The van der Waals surface area contributed by atoms with Gasteiger partial charge in [-0.15, -0.1) is 0 Å². The molecule has 1 heterocycles. The van der Waals surface area contributed by atoms with Gasteiger partial charge in [-0.3, -0.25) is 0 Å². The third-order valence-corrected chi connectivity index (χ3v) is 3.08. The minimum atomic E-state index is 0.424. The van der Waals surface area contributed by atoms with Crippen molar-refractivity contribution >= 4 is 5.95 Å². The number of hydrogen-bond donors (Lipinski definition) is 1. The molecule has 18 heavy (non-hydrogen) atoms. The summed E-state index contributed by atoms with van der Waals surface area (Å²) in [6, 6.07) is 0.424. The lowest BCUT2D eigenvalue weighted by molar-refractivity contribution is 0.293. The zero-order valence-corrected chi connectivity index (χ0v) is 12.5. The van der Waals surface area contributed by atoms with Crippen molar-refractivity contribution in [1.29, 1.82) is 0 Å². The van der Waals surface area contributed by atoms with E-state index in [2.05, 4.69) is 53.7 Å². The fourth-order valence-corrected chi connectivity index (χ4v) is 2.10. The first kappa shape index (κ1) is 15.0. The molecule has 4 nitrogen and oxygen atoms in total. The predicted molar refractivity (Wildman–Crippen MR) is 78.1 cm³/mol. The SMILES string of the molecule is CCN(CC)CCCn1cc(C)nc1NC(C)C. The highest BCUT2D eigenvalue weighted by molar-refractivity contribution is 5.29. The van der Waals surface area contributed by atoms with Crippen LogP contribution in [0.3, 0.4) is 0 Å². The Labute approximate surface area is 111 Å². The number of nitrogens with zero attached hydrogens (tertiary/aromatic N) is 3.